The molecule has 0 spiro atoms. The highest BCUT2D eigenvalue weighted by Gasteiger charge is 2.32. The minimum atomic E-state index is -3.75. The summed E-state index contributed by atoms with van der Waals surface area (Å²) in [5.74, 6) is -0.399. The second-order valence-corrected chi connectivity index (χ2v) is 11.0. The Morgan fingerprint density at radius 2 is 1.68 bits per heavy atom. The average Bonchev–Trinajstić information content (AvgIpc) is 2.77. The van der Waals surface area contributed by atoms with Gasteiger partial charge in [0, 0.05) is 13.1 Å². The van der Waals surface area contributed by atoms with Crippen molar-refractivity contribution >= 4 is 27.5 Å². The predicted octanol–water partition coefficient (Wildman–Crippen LogP) is 3.65. The van der Waals surface area contributed by atoms with Crippen molar-refractivity contribution < 1.29 is 18.0 Å². The molecular formula is C26H37N3O4S. The van der Waals surface area contributed by atoms with Gasteiger partial charge in [-0.2, -0.15) is 0 Å². The normalized spacial score (nSPS) is 12.3. The van der Waals surface area contributed by atoms with Gasteiger partial charge in [-0.15, -0.1) is 0 Å². The molecule has 1 atom stereocenters. The Balaban J connectivity index is 2.43. The van der Waals surface area contributed by atoms with Gasteiger partial charge in [-0.25, -0.2) is 8.42 Å². The van der Waals surface area contributed by atoms with Crippen molar-refractivity contribution in [3.8, 4) is 0 Å². The molecule has 0 aliphatic carbocycles. The molecule has 0 aliphatic heterocycles. The highest BCUT2D eigenvalue weighted by atomic mass is 32.2. The summed E-state index contributed by atoms with van der Waals surface area (Å²) in [5, 5.41) is 2.92. The maximum atomic E-state index is 13.7. The van der Waals surface area contributed by atoms with Gasteiger partial charge in [-0.05, 0) is 48.9 Å². The van der Waals surface area contributed by atoms with Gasteiger partial charge >= 0.3 is 0 Å². The lowest BCUT2D eigenvalue weighted by Crippen LogP contribution is -2.52. The fourth-order valence-corrected chi connectivity index (χ4v) is 4.60. The van der Waals surface area contributed by atoms with Crippen LogP contribution in [0.15, 0.2) is 48.5 Å². The number of rotatable bonds is 11. The van der Waals surface area contributed by atoms with Crippen LogP contribution in [0.1, 0.15) is 43.9 Å². The molecule has 0 aromatic heterocycles. The lowest BCUT2D eigenvalue weighted by molar-refractivity contribution is -0.140. The zero-order chi connectivity index (χ0) is 25.5. The summed E-state index contributed by atoms with van der Waals surface area (Å²) in [4.78, 5) is 28.2. The van der Waals surface area contributed by atoms with Crippen LogP contribution in [0.3, 0.4) is 0 Å². The van der Waals surface area contributed by atoms with Crippen LogP contribution < -0.4 is 9.62 Å². The van der Waals surface area contributed by atoms with Crippen molar-refractivity contribution in [2.45, 2.75) is 53.6 Å². The predicted molar refractivity (Wildman–Crippen MR) is 137 cm³/mol. The van der Waals surface area contributed by atoms with E-state index in [1.165, 1.54) is 4.90 Å². The average molecular weight is 488 g/mol. The first-order valence-electron chi connectivity index (χ1n) is 11.6. The minimum absolute atomic E-state index is 0.206. The van der Waals surface area contributed by atoms with E-state index in [4.69, 9.17) is 0 Å². The Labute approximate surface area is 204 Å². The Hall–Kier alpha value is -2.87. The summed E-state index contributed by atoms with van der Waals surface area (Å²) in [6, 6.07) is 14.2. The highest BCUT2D eigenvalue weighted by Crippen LogP contribution is 2.25. The van der Waals surface area contributed by atoms with E-state index < -0.39 is 22.0 Å². The molecule has 2 amide bonds. The Morgan fingerprint density at radius 3 is 2.24 bits per heavy atom. The van der Waals surface area contributed by atoms with Gasteiger partial charge < -0.3 is 10.2 Å². The van der Waals surface area contributed by atoms with E-state index in [1.807, 2.05) is 77.1 Å². The van der Waals surface area contributed by atoms with Crippen LogP contribution in [0.4, 0.5) is 5.69 Å². The molecule has 1 unspecified atom stereocenters. The second-order valence-electron chi connectivity index (χ2n) is 9.13. The summed E-state index contributed by atoms with van der Waals surface area (Å²) in [5.41, 5.74) is 2.97. The number of hydrogen-bond acceptors (Lipinski definition) is 4. The van der Waals surface area contributed by atoms with Gasteiger partial charge in [-0.3, -0.25) is 13.9 Å². The topological polar surface area (TPSA) is 86.8 Å². The molecule has 8 heteroatoms. The lowest BCUT2D eigenvalue weighted by Gasteiger charge is -2.33. The third kappa shape index (κ3) is 7.58. The van der Waals surface area contributed by atoms with Crippen molar-refractivity contribution in [3.05, 3.63) is 65.2 Å². The number of nitrogens with one attached hydrogen (secondary N) is 1. The van der Waals surface area contributed by atoms with E-state index in [0.29, 0.717) is 18.7 Å². The first-order valence-corrected chi connectivity index (χ1v) is 13.4. The Bertz CT molecular complexity index is 1080. The summed E-state index contributed by atoms with van der Waals surface area (Å²) >= 11 is 0. The molecular weight excluding hydrogens is 450 g/mol. The number of anilines is 1. The summed E-state index contributed by atoms with van der Waals surface area (Å²) in [6.45, 7) is 9.86. The molecule has 0 radical (unpaired) electrons. The molecule has 0 bridgehead atoms. The maximum absolute atomic E-state index is 13.7. The molecule has 7 nitrogen and oxygen atoms in total. The zero-order valence-corrected chi connectivity index (χ0v) is 21.9. The van der Waals surface area contributed by atoms with Crippen molar-refractivity contribution in [2.24, 2.45) is 5.92 Å². The maximum Gasteiger partial charge on any atom is 0.244 e. The molecule has 0 saturated carbocycles. The number of sulfonamides is 1. The Morgan fingerprint density at radius 1 is 1.03 bits per heavy atom. The molecule has 2 aromatic carbocycles. The molecule has 2 rings (SSSR count). The smallest absolute Gasteiger partial charge is 0.244 e. The summed E-state index contributed by atoms with van der Waals surface area (Å²) in [7, 11) is -3.75. The molecule has 0 saturated heterocycles. The third-order valence-electron chi connectivity index (χ3n) is 5.58. The number of aryl methyl sites for hydroxylation is 2. The lowest BCUT2D eigenvalue weighted by atomic mass is 10.1. The summed E-state index contributed by atoms with van der Waals surface area (Å²) in [6.07, 6.45) is 1.50. The number of carbonyl (C=O) groups is 2. The molecule has 0 fully saturated rings. The van der Waals surface area contributed by atoms with Gasteiger partial charge in [0.15, 0.2) is 0 Å². The van der Waals surface area contributed by atoms with Crippen LogP contribution in [-0.2, 0) is 26.2 Å². The van der Waals surface area contributed by atoms with Gasteiger partial charge in [0.25, 0.3) is 0 Å². The van der Waals surface area contributed by atoms with E-state index in [0.717, 1.165) is 27.3 Å². The van der Waals surface area contributed by atoms with Gasteiger partial charge in [0.2, 0.25) is 21.8 Å². The van der Waals surface area contributed by atoms with E-state index >= 15 is 0 Å². The molecule has 0 aliphatic rings. The quantitative estimate of drug-likeness (QED) is 0.524. The Kier molecular flexibility index (Phi) is 9.67. The largest absolute Gasteiger partial charge is 0.354 e. The molecule has 2 aromatic rings. The highest BCUT2D eigenvalue weighted by molar-refractivity contribution is 7.92. The van der Waals surface area contributed by atoms with Crippen LogP contribution in [0.2, 0.25) is 0 Å². The molecule has 186 valence electrons. The van der Waals surface area contributed by atoms with Crippen LogP contribution in [0.5, 0.6) is 0 Å². The van der Waals surface area contributed by atoms with Crippen molar-refractivity contribution in [2.75, 3.05) is 23.7 Å². The number of benzene rings is 2. The number of hydrogen-bond donors (Lipinski definition) is 1. The van der Waals surface area contributed by atoms with Crippen LogP contribution in [0.25, 0.3) is 0 Å². The molecule has 34 heavy (non-hydrogen) atoms. The van der Waals surface area contributed by atoms with Gasteiger partial charge in [0.05, 0.1) is 11.9 Å². The minimum Gasteiger partial charge on any atom is -0.354 e. The standard InChI is InChI=1S/C26H37N3O4S/c1-7-23(26(31)27-16-19(2)3)28(17-22-11-9-8-10-12-22)25(30)18-29(34(6,32)33)24-15-20(4)13-14-21(24)5/h8-15,19,23H,7,16-18H2,1-6H3,(H,27,31). The van der Waals surface area contributed by atoms with E-state index in [1.54, 1.807) is 6.07 Å². The SMILES string of the molecule is CCC(C(=O)NCC(C)C)N(Cc1ccccc1)C(=O)CN(c1cc(C)ccc1C)S(C)(=O)=O. The zero-order valence-electron chi connectivity index (χ0n) is 21.0. The first-order chi connectivity index (χ1) is 15.9. The monoisotopic (exact) mass is 487 g/mol. The fraction of sp³-hybridized carbons (Fsp3) is 0.462. The van der Waals surface area contributed by atoms with Crippen LogP contribution in [-0.4, -0.2) is 50.5 Å². The van der Waals surface area contributed by atoms with Gasteiger partial charge in [0.1, 0.15) is 12.6 Å². The number of nitrogens with zero attached hydrogens (tertiary/aromatic N) is 2. The van der Waals surface area contributed by atoms with Gasteiger partial charge in [-0.1, -0.05) is 63.2 Å². The van der Waals surface area contributed by atoms with E-state index in [2.05, 4.69) is 5.32 Å². The van der Waals surface area contributed by atoms with Crippen LogP contribution in [0, 0.1) is 19.8 Å². The van der Waals surface area contributed by atoms with E-state index in [9.17, 15) is 18.0 Å². The third-order valence-corrected chi connectivity index (χ3v) is 6.71. The van der Waals surface area contributed by atoms with Crippen molar-refractivity contribution in [3.63, 3.8) is 0 Å². The fourth-order valence-electron chi connectivity index (χ4n) is 3.71. The number of carbonyl (C=O) groups excluding carboxylic acids is 2. The van der Waals surface area contributed by atoms with Crippen LogP contribution >= 0.6 is 0 Å². The van der Waals surface area contributed by atoms with Crippen molar-refractivity contribution in [1.29, 1.82) is 0 Å². The molecule has 0 heterocycles. The molecule has 1 N–H and O–H groups in total. The van der Waals surface area contributed by atoms with Crippen molar-refractivity contribution in [1.82, 2.24) is 10.2 Å². The number of amides is 2. The second kappa shape index (κ2) is 12.0. The first kappa shape index (κ1) is 27.4. The summed E-state index contributed by atoms with van der Waals surface area (Å²) < 4.78 is 26.6. The van der Waals surface area contributed by atoms with E-state index in [-0.39, 0.29) is 24.9 Å².